The average Bonchev–Trinajstić information content (AvgIpc) is 0.907. The number of hydrogen-bond acceptors (Lipinski definition) is 15. The third-order valence-electron chi connectivity index (χ3n) is 16.7. The van der Waals surface area contributed by atoms with E-state index in [0.29, 0.717) is 25.7 Å². The molecule has 614 valence electrons. The molecule has 19 heteroatoms. The quantitative estimate of drug-likeness (QED) is 0.0169. The molecule has 0 amide bonds. The monoisotopic (exact) mass is 1550 g/mol. The third kappa shape index (κ3) is 78.5. The van der Waals surface area contributed by atoms with Crippen LogP contribution in [0.15, 0.2) is 170 Å². The van der Waals surface area contributed by atoms with E-state index in [1.807, 2.05) is 12.2 Å². The van der Waals surface area contributed by atoms with Gasteiger partial charge in [-0.15, -0.1) is 0 Å². The highest BCUT2D eigenvalue weighted by Gasteiger charge is 2.30. The second-order valence-corrected chi connectivity index (χ2v) is 29.9. The number of carbonyl (C=O) groups is 4. The van der Waals surface area contributed by atoms with Gasteiger partial charge in [-0.25, -0.2) is 9.13 Å². The Labute approximate surface area is 654 Å². The Morgan fingerprint density at radius 2 is 0.519 bits per heavy atom. The van der Waals surface area contributed by atoms with Gasteiger partial charge in [0, 0.05) is 19.3 Å². The summed E-state index contributed by atoms with van der Waals surface area (Å²) in [5.74, 6) is -2.38. The topological polar surface area (TPSA) is 237 Å². The molecule has 3 N–H and O–H groups in total. The molecular formula is C89H146O17P2. The molecule has 108 heavy (non-hydrogen) atoms. The second-order valence-electron chi connectivity index (χ2n) is 27.0. The van der Waals surface area contributed by atoms with Gasteiger partial charge in [0.25, 0.3) is 0 Å². The van der Waals surface area contributed by atoms with Gasteiger partial charge in [0.1, 0.15) is 19.3 Å². The number of unbranched alkanes of at least 4 members (excludes halogenated alkanes) is 23. The molecule has 0 radical (unpaired) electrons. The van der Waals surface area contributed by atoms with Gasteiger partial charge < -0.3 is 33.8 Å². The van der Waals surface area contributed by atoms with E-state index in [4.69, 9.17) is 37.0 Å². The van der Waals surface area contributed by atoms with Crippen molar-refractivity contribution in [3.63, 3.8) is 0 Å². The summed E-state index contributed by atoms with van der Waals surface area (Å²) < 4.78 is 68.6. The van der Waals surface area contributed by atoms with E-state index in [0.717, 1.165) is 193 Å². The maximum absolute atomic E-state index is 13.1. The number of carbonyl (C=O) groups excluding carboxylic acids is 4. The highest BCUT2D eigenvalue weighted by molar-refractivity contribution is 7.47. The molecule has 0 bridgehead atoms. The molecule has 0 aliphatic heterocycles. The minimum Gasteiger partial charge on any atom is -0.462 e. The lowest BCUT2D eigenvalue weighted by Gasteiger charge is -2.21. The Morgan fingerprint density at radius 3 is 0.824 bits per heavy atom. The molecule has 0 rings (SSSR count). The maximum atomic E-state index is 13.1. The van der Waals surface area contributed by atoms with E-state index in [2.05, 4.69) is 174 Å². The van der Waals surface area contributed by atoms with Crippen molar-refractivity contribution in [3.8, 4) is 0 Å². The van der Waals surface area contributed by atoms with Crippen LogP contribution in [0.4, 0.5) is 0 Å². The van der Waals surface area contributed by atoms with Crippen molar-refractivity contribution in [3.05, 3.63) is 170 Å². The van der Waals surface area contributed by atoms with Crippen LogP contribution in [0.2, 0.25) is 0 Å². The van der Waals surface area contributed by atoms with Crippen molar-refractivity contribution < 1.29 is 80.2 Å². The Hall–Kier alpha value is -5.58. The van der Waals surface area contributed by atoms with Crippen LogP contribution >= 0.6 is 15.6 Å². The highest BCUT2D eigenvalue weighted by atomic mass is 31.2. The largest absolute Gasteiger partial charge is 0.472 e. The molecule has 0 saturated heterocycles. The van der Waals surface area contributed by atoms with E-state index < -0.39 is 97.5 Å². The summed E-state index contributed by atoms with van der Waals surface area (Å²) in [6.07, 6.45) is 94.9. The summed E-state index contributed by atoms with van der Waals surface area (Å²) in [4.78, 5) is 73.1. The Balaban J connectivity index is 5.46. The van der Waals surface area contributed by atoms with Gasteiger partial charge in [-0.05, 0) is 161 Å². The molecule has 0 aromatic rings. The van der Waals surface area contributed by atoms with Crippen LogP contribution in [0, 0.1) is 0 Å². The number of allylic oxidation sites excluding steroid dienone is 27. The molecule has 0 heterocycles. The van der Waals surface area contributed by atoms with E-state index in [-0.39, 0.29) is 25.7 Å². The number of hydrogen-bond donors (Lipinski definition) is 3. The Kier molecular flexibility index (Phi) is 75.4. The zero-order valence-corrected chi connectivity index (χ0v) is 69.0. The smallest absolute Gasteiger partial charge is 0.462 e. The summed E-state index contributed by atoms with van der Waals surface area (Å²) in [6.45, 7) is 4.43. The molecule has 5 unspecified atom stereocenters. The van der Waals surface area contributed by atoms with Crippen molar-refractivity contribution >= 4 is 39.5 Å². The fraction of sp³-hybridized carbons (Fsp3) is 0.640. The SMILES string of the molecule is CC/C=C\C/C=C\C/C=C\C/C=C\C/C=C\CC(=O)OC(COC(=O)CCCCCCCC/C=C\C/C=C\C/C=C\C/C=C\CC)COP(=O)(O)OCC(O)COP(=O)(O)OCC(COC(=O)CCCCCCCC/C=C\C/C=C\C/C=C\CCCCC)OC(=O)CCCCCCC/C=C\C/C=C\CCCCC. The van der Waals surface area contributed by atoms with Crippen LogP contribution in [0.3, 0.4) is 0 Å². The number of aliphatic hydroxyl groups is 1. The summed E-state index contributed by atoms with van der Waals surface area (Å²) in [5, 5.41) is 10.7. The van der Waals surface area contributed by atoms with Crippen LogP contribution in [0.25, 0.3) is 0 Å². The lowest BCUT2D eigenvalue weighted by atomic mass is 10.1. The zero-order chi connectivity index (χ0) is 78.9. The molecule has 0 spiro atoms. The summed E-state index contributed by atoms with van der Waals surface area (Å²) in [7, 11) is -10.0. The molecule has 5 atom stereocenters. The minimum absolute atomic E-state index is 0.0682. The first-order chi connectivity index (χ1) is 52.7. The van der Waals surface area contributed by atoms with Crippen LogP contribution in [-0.2, 0) is 65.4 Å². The van der Waals surface area contributed by atoms with Crippen LogP contribution in [0.1, 0.15) is 310 Å². The standard InChI is InChI=1S/C89H146O17P2/c1-5-9-13-17-21-25-29-33-37-39-41-43-47-49-53-57-61-65-69-73-86(91)99-79-84(105-88(93)75-71-67-63-59-55-51-45-35-31-27-23-19-15-11-7-3)81-103-107(95,96)101-77-83(90)78-102-108(97,98)104-82-85(106-89(94)76-72-68-64-60-56-52-46-36-32-28-24-20-16-12-8-4)80-100-87(92)74-70-66-62-58-54-50-48-44-42-40-38-34-30-26-22-18-14-10-6-2/h9,11,13,15,21-28,33-38,41-46,55,59,67,71,83-85,90H,5-8,10,12,14,16-20,29-32,39-40,47-54,56-58,60-66,68-70,72-82H2,1-4H3,(H,95,96)(H,97,98)/b13-9-,15-11-,25-21-,26-22-,27-23-,28-24-,37-33-,38-34-,43-41-,44-42-,45-35-,46-36-,59-55-,71-67-. The van der Waals surface area contributed by atoms with Gasteiger partial charge in [-0.3, -0.25) is 37.3 Å². The minimum atomic E-state index is -5.02. The molecule has 0 aromatic carbocycles. The predicted molar refractivity (Wildman–Crippen MR) is 445 cm³/mol. The zero-order valence-electron chi connectivity index (χ0n) is 67.2. The van der Waals surface area contributed by atoms with Gasteiger partial charge in [0.2, 0.25) is 0 Å². The summed E-state index contributed by atoms with van der Waals surface area (Å²) >= 11 is 0. The third-order valence-corrected chi connectivity index (χ3v) is 18.6. The van der Waals surface area contributed by atoms with Crippen molar-refractivity contribution in [2.24, 2.45) is 0 Å². The van der Waals surface area contributed by atoms with Crippen LogP contribution in [-0.4, -0.2) is 96.7 Å². The molecule has 0 aromatic heterocycles. The lowest BCUT2D eigenvalue weighted by molar-refractivity contribution is -0.161. The molecule has 0 saturated carbocycles. The average molecular weight is 1550 g/mol. The number of aliphatic hydroxyl groups excluding tert-OH is 1. The number of rotatable bonds is 76. The van der Waals surface area contributed by atoms with E-state index in [9.17, 15) is 43.2 Å². The normalized spacial score (nSPS) is 14.7. The Morgan fingerprint density at radius 1 is 0.278 bits per heavy atom. The molecule has 0 fully saturated rings. The van der Waals surface area contributed by atoms with Crippen molar-refractivity contribution in [1.29, 1.82) is 0 Å². The van der Waals surface area contributed by atoms with Gasteiger partial charge >= 0.3 is 39.5 Å². The molecule has 17 nitrogen and oxygen atoms in total. The van der Waals surface area contributed by atoms with Crippen LogP contribution in [0.5, 0.6) is 0 Å². The van der Waals surface area contributed by atoms with Crippen molar-refractivity contribution in [2.75, 3.05) is 39.6 Å². The van der Waals surface area contributed by atoms with Gasteiger partial charge in [0.15, 0.2) is 12.2 Å². The predicted octanol–water partition coefficient (Wildman–Crippen LogP) is 24.6. The van der Waals surface area contributed by atoms with Crippen molar-refractivity contribution in [1.82, 2.24) is 0 Å². The number of ether oxygens (including phenoxy) is 4. The molecular weight excluding hydrogens is 1400 g/mol. The summed E-state index contributed by atoms with van der Waals surface area (Å²) in [5.41, 5.74) is 0. The summed E-state index contributed by atoms with van der Waals surface area (Å²) in [6, 6.07) is 0. The first-order valence-corrected chi connectivity index (χ1v) is 44.4. The fourth-order valence-electron chi connectivity index (χ4n) is 10.4. The van der Waals surface area contributed by atoms with Gasteiger partial charge in [-0.1, -0.05) is 294 Å². The van der Waals surface area contributed by atoms with E-state index in [1.165, 1.54) is 38.5 Å². The maximum Gasteiger partial charge on any atom is 0.472 e. The Bertz CT molecular complexity index is 2710. The molecule has 0 aliphatic rings. The first-order valence-electron chi connectivity index (χ1n) is 41.4. The van der Waals surface area contributed by atoms with E-state index >= 15 is 0 Å². The number of phosphoric ester groups is 2. The lowest BCUT2D eigenvalue weighted by Crippen LogP contribution is -2.30. The van der Waals surface area contributed by atoms with E-state index in [1.54, 1.807) is 12.2 Å². The molecule has 0 aliphatic carbocycles. The second kappa shape index (κ2) is 79.5. The number of phosphoric acid groups is 2. The number of esters is 4. The van der Waals surface area contributed by atoms with Crippen LogP contribution < -0.4 is 0 Å². The van der Waals surface area contributed by atoms with Gasteiger partial charge in [-0.2, -0.15) is 0 Å². The first kappa shape index (κ1) is 102. The fourth-order valence-corrected chi connectivity index (χ4v) is 12.0. The highest BCUT2D eigenvalue weighted by Crippen LogP contribution is 2.45. The van der Waals surface area contributed by atoms with Gasteiger partial charge in [0.05, 0.1) is 32.8 Å². The van der Waals surface area contributed by atoms with Crippen molar-refractivity contribution in [2.45, 2.75) is 329 Å².